The number of carbonyl (C=O) groups is 1. The predicted octanol–water partition coefficient (Wildman–Crippen LogP) is 1.74. The molecule has 0 aliphatic heterocycles. The summed E-state index contributed by atoms with van der Waals surface area (Å²) in [6, 6.07) is 5.85. The Morgan fingerprint density at radius 1 is 1.47 bits per heavy atom. The number of rotatable bonds is 4. The molecular weight excluding hydrogens is 216 g/mol. The molecule has 0 unspecified atom stereocenters. The molecule has 0 saturated heterocycles. The minimum absolute atomic E-state index is 0.00835. The van der Waals surface area contributed by atoms with E-state index in [4.69, 9.17) is 10.5 Å². The van der Waals surface area contributed by atoms with Crippen LogP contribution in [0.3, 0.4) is 0 Å². The van der Waals surface area contributed by atoms with Crippen molar-refractivity contribution in [2.75, 3.05) is 25.6 Å². The first kappa shape index (κ1) is 13.5. The Kier molecular flexibility index (Phi) is 4.52. The molecule has 0 bridgehead atoms. The normalized spacial score (nSPS) is 10.5. The fourth-order valence-electron chi connectivity index (χ4n) is 1.60. The first-order valence-electron chi connectivity index (χ1n) is 5.65. The summed E-state index contributed by atoms with van der Waals surface area (Å²) in [6.45, 7) is 4.22. The Morgan fingerprint density at radius 3 is 2.59 bits per heavy atom. The van der Waals surface area contributed by atoms with Gasteiger partial charge in [0.1, 0.15) is 5.75 Å². The quantitative estimate of drug-likeness (QED) is 0.866. The number of ether oxygens (including phenoxy) is 1. The molecule has 0 spiro atoms. The van der Waals surface area contributed by atoms with Crippen LogP contribution in [0.4, 0.5) is 5.69 Å². The maximum absolute atomic E-state index is 11.5. The van der Waals surface area contributed by atoms with E-state index in [1.807, 2.05) is 18.2 Å². The minimum atomic E-state index is -0.138. The zero-order chi connectivity index (χ0) is 13.0. The molecule has 0 aliphatic rings. The second kappa shape index (κ2) is 5.68. The molecular formula is C13H20N2O2. The molecule has 0 saturated carbocycles. The number of anilines is 1. The summed E-state index contributed by atoms with van der Waals surface area (Å²) >= 11 is 0. The molecule has 0 fully saturated rings. The summed E-state index contributed by atoms with van der Waals surface area (Å²) in [7, 11) is 3.30. The van der Waals surface area contributed by atoms with Crippen molar-refractivity contribution >= 4 is 11.6 Å². The highest BCUT2D eigenvalue weighted by molar-refractivity contribution is 5.95. The van der Waals surface area contributed by atoms with Gasteiger partial charge in [-0.15, -0.1) is 0 Å². The third-order valence-electron chi connectivity index (χ3n) is 2.78. The van der Waals surface area contributed by atoms with E-state index in [1.165, 1.54) is 10.5 Å². The van der Waals surface area contributed by atoms with Gasteiger partial charge in [0, 0.05) is 7.05 Å². The summed E-state index contributed by atoms with van der Waals surface area (Å²) in [5, 5.41) is 0. The molecule has 0 aliphatic carbocycles. The predicted molar refractivity (Wildman–Crippen MR) is 69.5 cm³/mol. The van der Waals surface area contributed by atoms with Crippen LogP contribution in [0.5, 0.6) is 5.75 Å². The summed E-state index contributed by atoms with van der Waals surface area (Å²) in [5.41, 5.74) is 7.27. The minimum Gasteiger partial charge on any atom is -0.495 e. The molecule has 0 radical (unpaired) electrons. The molecule has 17 heavy (non-hydrogen) atoms. The second-order valence-electron chi connectivity index (χ2n) is 4.24. The smallest absolute Gasteiger partial charge is 0.240 e. The van der Waals surface area contributed by atoms with E-state index in [0.29, 0.717) is 11.7 Å². The molecule has 1 aromatic carbocycles. The highest BCUT2D eigenvalue weighted by Gasteiger charge is 2.14. The van der Waals surface area contributed by atoms with Crippen LogP contribution in [0.15, 0.2) is 18.2 Å². The average molecular weight is 236 g/mol. The van der Waals surface area contributed by atoms with Gasteiger partial charge in [0.2, 0.25) is 5.91 Å². The van der Waals surface area contributed by atoms with Crippen LogP contribution in [0.2, 0.25) is 0 Å². The third-order valence-corrected chi connectivity index (χ3v) is 2.78. The van der Waals surface area contributed by atoms with Crippen LogP contribution < -0.4 is 15.4 Å². The van der Waals surface area contributed by atoms with Crippen LogP contribution in [-0.2, 0) is 4.79 Å². The number of nitrogens with two attached hydrogens (primary N) is 1. The number of carbonyl (C=O) groups excluding carboxylic acids is 1. The van der Waals surface area contributed by atoms with Gasteiger partial charge in [-0.25, -0.2) is 0 Å². The molecule has 2 N–H and O–H groups in total. The van der Waals surface area contributed by atoms with E-state index in [1.54, 1.807) is 14.2 Å². The fourth-order valence-corrected chi connectivity index (χ4v) is 1.60. The molecule has 0 aromatic heterocycles. The van der Waals surface area contributed by atoms with Crippen molar-refractivity contribution in [1.29, 1.82) is 0 Å². The van der Waals surface area contributed by atoms with Gasteiger partial charge in [-0.2, -0.15) is 0 Å². The summed E-state index contributed by atoms with van der Waals surface area (Å²) in [5.74, 6) is 0.981. The van der Waals surface area contributed by atoms with E-state index in [0.717, 1.165) is 5.69 Å². The Labute approximate surface area is 102 Å². The van der Waals surface area contributed by atoms with Crippen LogP contribution in [0.25, 0.3) is 0 Å². The number of nitrogens with zero attached hydrogens (tertiary/aromatic N) is 1. The second-order valence-corrected chi connectivity index (χ2v) is 4.24. The maximum atomic E-state index is 11.5. The summed E-state index contributed by atoms with van der Waals surface area (Å²) in [6.07, 6.45) is 0. The van der Waals surface area contributed by atoms with Gasteiger partial charge in [-0.05, 0) is 23.6 Å². The van der Waals surface area contributed by atoms with Gasteiger partial charge in [0.25, 0.3) is 0 Å². The van der Waals surface area contributed by atoms with E-state index < -0.39 is 0 Å². The number of hydrogen-bond donors (Lipinski definition) is 1. The standard InChI is InChI=1S/C13H20N2O2/c1-9(2)10-5-6-11(12(7-10)17-4)15(3)13(16)8-14/h5-7,9H,8,14H2,1-4H3. The average Bonchev–Trinajstić information content (AvgIpc) is 2.35. The van der Waals surface area contributed by atoms with E-state index in [2.05, 4.69) is 13.8 Å². The fraction of sp³-hybridized carbons (Fsp3) is 0.462. The van der Waals surface area contributed by atoms with Crippen molar-refractivity contribution in [3.05, 3.63) is 23.8 Å². The first-order chi connectivity index (χ1) is 8.01. The monoisotopic (exact) mass is 236 g/mol. The van der Waals surface area contributed by atoms with Crippen LogP contribution in [0, 0.1) is 0 Å². The zero-order valence-corrected chi connectivity index (χ0v) is 10.9. The molecule has 1 aromatic rings. The van der Waals surface area contributed by atoms with Gasteiger partial charge in [0.05, 0.1) is 19.3 Å². The number of methoxy groups -OCH3 is 1. The number of benzene rings is 1. The first-order valence-corrected chi connectivity index (χ1v) is 5.65. The summed E-state index contributed by atoms with van der Waals surface area (Å²) < 4.78 is 5.32. The topological polar surface area (TPSA) is 55.6 Å². The highest BCUT2D eigenvalue weighted by atomic mass is 16.5. The number of amides is 1. The van der Waals surface area contributed by atoms with Gasteiger partial charge in [-0.1, -0.05) is 19.9 Å². The Bertz CT molecular complexity index is 402. The Hall–Kier alpha value is -1.55. The third kappa shape index (κ3) is 2.97. The molecule has 4 nitrogen and oxygen atoms in total. The SMILES string of the molecule is COc1cc(C(C)C)ccc1N(C)C(=O)CN. The van der Waals surface area contributed by atoms with Crippen LogP contribution in [-0.4, -0.2) is 26.6 Å². The number of likely N-dealkylation sites (N-methyl/N-ethyl adjacent to an activating group) is 1. The number of hydrogen-bond acceptors (Lipinski definition) is 3. The van der Waals surface area contributed by atoms with Crippen molar-refractivity contribution in [1.82, 2.24) is 0 Å². The largest absolute Gasteiger partial charge is 0.495 e. The summed E-state index contributed by atoms with van der Waals surface area (Å²) in [4.78, 5) is 13.1. The van der Waals surface area contributed by atoms with Crippen LogP contribution >= 0.6 is 0 Å². The molecule has 0 atom stereocenters. The lowest BCUT2D eigenvalue weighted by molar-refractivity contribution is -0.117. The van der Waals surface area contributed by atoms with E-state index in [9.17, 15) is 4.79 Å². The van der Waals surface area contributed by atoms with Crippen molar-refractivity contribution in [2.45, 2.75) is 19.8 Å². The Morgan fingerprint density at radius 2 is 2.12 bits per heavy atom. The van der Waals surface area contributed by atoms with Gasteiger partial charge in [-0.3, -0.25) is 4.79 Å². The van der Waals surface area contributed by atoms with Gasteiger partial charge < -0.3 is 15.4 Å². The molecule has 4 heteroatoms. The highest BCUT2D eigenvalue weighted by Crippen LogP contribution is 2.31. The van der Waals surface area contributed by atoms with Gasteiger partial charge >= 0.3 is 0 Å². The van der Waals surface area contributed by atoms with E-state index in [-0.39, 0.29) is 12.5 Å². The maximum Gasteiger partial charge on any atom is 0.240 e. The van der Waals surface area contributed by atoms with Crippen molar-refractivity contribution < 1.29 is 9.53 Å². The van der Waals surface area contributed by atoms with Crippen molar-refractivity contribution in [3.63, 3.8) is 0 Å². The molecule has 1 amide bonds. The lowest BCUT2D eigenvalue weighted by Gasteiger charge is -2.20. The van der Waals surface area contributed by atoms with Crippen LogP contribution in [0.1, 0.15) is 25.3 Å². The molecule has 1 rings (SSSR count). The lowest BCUT2D eigenvalue weighted by Crippen LogP contribution is -2.32. The lowest BCUT2D eigenvalue weighted by atomic mass is 10.0. The van der Waals surface area contributed by atoms with Crippen molar-refractivity contribution in [2.24, 2.45) is 5.73 Å². The Balaban J connectivity index is 3.12. The van der Waals surface area contributed by atoms with E-state index >= 15 is 0 Å². The molecule has 0 heterocycles. The molecule has 94 valence electrons. The zero-order valence-electron chi connectivity index (χ0n) is 10.9. The van der Waals surface area contributed by atoms with Crippen molar-refractivity contribution in [3.8, 4) is 5.75 Å². The van der Waals surface area contributed by atoms with Gasteiger partial charge in [0.15, 0.2) is 0 Å².